The number of rotatable bonds is 6. The third-order valence-corrected chi connectivity index (χ3v) is 15.5. The summed E-state index contributed by atoms with van der Waals surface area (Å²) < 4.78 is 5.16. The molecule has 0 radical (unpaired) electrons. The first-order valence-electron chi connectivity index (χ1n) is 24.5. The molecule has 302 valence electrons. The fourth-order valence-corrected chi connectivity index (χ4v) is 12.2. The Labute approximate surface area is 345 Å². The van der Waals surface area contributed by atoms with Crippen LogP contribution in [0.15, 0.2) is 79.4 Å². The Bertz CT molecular complexity index is 1880. The Morgan fingerprint density at radius 1 is 0.386 bits per heavy atom. The molecule has 4 aliphatic carbocycles. The molecule has 5 aromatic rings. The van der Waals surface area contributed by atoms with Crippen molar-refractivity contribution in [1.82, 2.24) is 4.57 Å². The van der Waals surface area contributed by atoms with Crippen LogP contribution in [0.1, 0.15) is 226 Å². The Balaban J connectivity index is 1.19. The highest BCUT2D eigenvalue weighted by Gasteiger charge is 2.28. The van der Waals surface area contributed by atoms with E-state index in [2.05, 4.69) is 88.5 Å². The molecule has 4 fully saturated rings. The molecule has 0 aliphatic heterocycles. The molecule has 2 nitrogen and oxygen atoms in total. The van der Waals surface area contributed by atoms with E-state index in [9.17, 15) is 0 Å². The highest BCUT2D eigenvalue weighted by molar-refractivity contribution is 5.93. The van der Waals surface area contributed by atoms with E-state index in [1.165, 1.54) is 213 Å². The van der Waals surface area contributed by atoms with Gasteiger partial charge in [0.05, 0.1) is 0 Å². The Morgan fingerprint density at radius 2 is 0.772 bits per heavy atom. The predicted molar refractivity (Wildman–Crippen MR) is 243 cm³/mol. The summed E-state index contributed by atoms with van der Waals surface area (Å²) in [5.74, 6) is 2.63. The van der Waals surface area contributed by atoms with Crippen molar-refractivity contribution in [3.05, 3.63) is 102 Å². The molecular weight excluding hydrogens is 689 g/mol. The van der Waals surface area contributed by atoms with Gasteiger partial charge < -0.3 is 0 Å². The summed E-state index contributed by atoms with van der Waals surface area (Å²) in [7, 11) is 0. The van der Waals surface area contributed by atoms with Gasteiger partial charge in [0.15, 0.2) is 0 Å². The minimum atomic E-state index is 0.625. The van der Waals surface area contributed by atoms with E-state index in [1.807, 2.05) is 0 Å². The number of fused-ring (bicyclic) bond motifs is 2. The molecule has 1 aromatic heterocycles. The van der Waals surface area contributed by atoms with Crippen molar-refractivity contribution in [2.45, 2.75) is 203 Å². The van der Waals surface area contributed by atoms with Gasteiger partial charge in [0.1, 0.15) is 23.8 Å². The van der Waals surface area contributed by atoms with Gasteiger partial charge in [-0.05, 0) is 109 Å². The topological polar surface area (TPSA) is 8.81 Å². The number of hydrogen-bond acceptors (Lipinski definition) is 0. The van der Waals surface area contributed by atoms with Crippen LogP contribution in [0.25, 0.3) is 32.9 Å². The van der Waals surface area contributed by atoms with E-state index in [4.69, 9.17) is 0 Å². The van der Waals surface area contributed by atoms with E-state index in [-0.39, 0.29) is 0 Å². The van der Waals surface area contributed by atoms with Gasteiger partial charge in [-0.25, -0.2) is 9.13 Å². The molecule has 4 saturated carbocycles. The van der Waals surface area contributed by atoms with Crippen LogP contribution in [0.3, 0.4) is 0 Å². The largest absolute Gasteiger partial charge is 0.254 e. The van der Waals surface area contributed by atoms with Gasteiger partial charge in [0.2, 0.25) is 0 Å². The van der Waals surface area contributed by atoms with Crippen molar-refractivity contribution in [2.75, 3.05) is 0 Å². The lowest BCUT2D eigenvalue weighted by molar-refractivity contribution is -0.593. The summed E-state index contributed by atoms with van der Waals surface area (Å²) in [4.78, 5) is 0. The molecule has 0 atom stereocenters. The van der Waals surface area contributed by atoms with Crippen molar-refractivity contribution in [2.24, 2.45) is 0 Å². The van der Waals surface area contributed by atoms with Gasteiger partial charge in [-0.3, -0.25) is 0 Å². The molecule has 9 rings (SSSR count). The second-order valence-electron chi connectivity index (χ2n) is 19.4. The zero-order chi connectivity index (χ0) is 38.2. The zero-order valence-corrected chi connectivity index (χ0v) is 35.5. The van der Waals surface area contributed by atoms with Crippen LogP contribution in [0.4, 0.5) is 0 Å². The molecule has 0 saturated heterocycles. The Kier molecular flexibility index (Phi) is 13.1. The lowest BCUT2D eigenvalue weighted by Crippen LogP contribution is -2.30. The molecular formula is C55H73N2+. The smallest absolute Gasteiger partial charge is 0.201 e. The lowest BCUT2D eigenvalue weighted by atomic mass is 9.82. The summed E-state index contributed by atoms with van der Waals surface area (Å²) in [6.07, 6.45) is 45.9. The van der Waals surface area contributed by atoms with Gasteiger partial charge in [-0.2, -0.15) is 0 Å². The van der Waals surface area contributed by atoms with Crippen LogP contribution in [-0.2, 0) is 0 Å². The van der Waals surface area contributed by atoms with Crippen molar-refractivity contribution < 1.29 is 4.57 Å². The highest BCUT2D eigenvalue weighted by atomic mass is 15.1. The standard InChI is InChI=1S/C55H73N2/c1-5-13-21-42(22-14-6-1)48-31-29-46-33-35-50(44-25-17-9-3-10-18-26-44)54(52(46)39-48)56-37-38-57(41-56)55-51(45-27-19-11-4-12-20-28-45)36-34-47-30-32-49(40-53(47)55)43-23-15-7-2-8-16-24-43/h29-45H,1-28H2/q+1. The third-order valence-electron chi connectivity index (χ3n) is 15.5. The maximum Gasteiger partial charge on any atom is 0.254 e. The quantitative estimate of drug-likeness (QED) is 0.152. The maximum atomic E-state index is 2.66. The number of nitrogens with zero attached hydrogens (tertiary/aromatic N) is 2. The SMILES string of the molecule is c1cc2ccc(C3CCCCCCC3)c(-n3cc[n+](-c4c(C5CCCCCCC5)ccc5ccc(C6CCCCCCC6)cc45)c3)c2cc1C1CCCCCCC1. The minimum absolute atomic E-state index is 0.625. The van der Waals surface area contributed by atoms with E-state index < -0.39 is 0 Å². The predicted octanol–water partition coefficient (Wildman–Crippen LogP) is 16.4. The van der Waals surface area contributed by atoms with E-state index in [1.54, 1.807) is 22.3 Å². The van der Waals surface area contributed by atoms with Crippen molar-refractivity contribution >= 4 is 21.5 Å². The van der Waals surface area contributed by atoms with Gasteiger partial charge in [-0.15, -0.1) is 0 Å². The number of aromatic nitrogens is 2. The average molecular weight is 762 g/mol. The van der Waals surface area contributed by atoms with Crippen LogP contribution < -0.4 is 4.57 Å². The van der Waals surface area contributed by atoms with Gasteiger partial charge in [0, 0.05) is 21.9 Å². The van der Waals surface area contributed by atoms with Gasteiger partial charge in [0.25, 0.3) is 6.33 Å². The monoisotopic (exact) mass is 762 g/mol. The molecule has 0 amide bonds. The first-order chi connectivity index (χ1) is 28.3. The normalized spacial score (nSPS) is 21.2. The molecule has 57 heavy (non-hydrogen) atoms. The minimum Gasteiger partial charge on any atom is -0.201 e. The van der Waals surface area contributed by atoms with E-state index in [0.717, 1.165) is 0 Å². The second-order valence-corrected chi connectivity index (χ2v) is 19.4. The second kappa shape index (κ2) is 19.1. The lowest BCUT2D eigenvalue weighted by Gasteiger charge is -2.24. The Hall–Kier alpha value is -3.39. The van der Waals surface area contributed by atoms with Gasteiger partial charge >= 0.3 is 0 Å². The van der Waals surface area contributed by atoms with Crippen LogP contribution in [0.2, 0.25) is 0 Å². The summed E-state index contributed by atoms with van der Waals surface area (Å²) in [5, 5.41) is 5.75. The average Bonchev–Trinajstić information content (AvgIpc) is 3.66. The Morgan fingerprint density at radius 3 is 1.28 bits per heavy atom. The van der Waals surface area contributed by atoms with Crippen LogP contribution in [0, 0.1) is 0 Å². The number of hydrogen-bond donors (Lipinski definition) is 0. The van der Waals surface area contributed by atoms with Crippen molar-refractivity contribution in [3.8, 4) is 11.4 Å². The summed E-state index contributed by atoms with van der Waals surface area (Å²) >= 11 is 0. The summed E-state index contributed by atoms with van der Waals surface area (Å²) in [5.41, 5.74) is 9.28. The fourth-order valence-electron chi connectivity index (χ4n) is 12.2. The van der Waals surface area contributed by atoms with Crippen LogP contribution in [0.5, 0.6) is 0 Å². The molecule has 0 N–H and O–H groups in total. The molecule has 1 heterocycles. The maximum absolute atomic E-state index is 2.66. The molecule has 2 heteroatoms. The van der Waals surface area contributed by atoms with Crippen LogP contribution >= 0.6 is 0 Å². The molecule has 0 unspecified atom stereocenters. The van der Waals surface area contributed by atoms with Crippen molar-refractivity contribution in [3.63, 3.8) is 0 Å². The summed E-state index contributed by atoms with van der Waals surface area (Å²) in [6.45, 7) is 0. The molecule has 0 spiro atoms. The fraction of sp³-hybridized carbons (Fsp3) is 0.582. The first-order valence-corrected chi connectivity index (χ1v) is 24.5. The molecule has 4 aromatic carbocycles. The van der Waals surface area contributed by atoms with Crippen LogP contribution in [-0.4, -0.2) is 4.57 Å². The first kappa shape index (κ1) is 39.1. The van der Waals surface area contributed by atoms with Crippen molar-refractivity contribution in [1.29, 1.82) is 0 Å². The van der Waals surface area contributed by atoms with E-state index in [0.29, 0.717) is 23.7 Å². The molecule has 0 bridgehead atoms. The molecule has 4 aliphatic rings. The zero-order valence-electron chi connectivity index (χ0n) is 35.5. The van der Waals surface area contributed by atoms with Gasteiger partial charge in [-0.1, -0.05) is 177 Å². The number of imidazole rings is 1. The summed E-state index contributed by atoms with van der Waals surface area (Å²) in [6, 6.07) is 25.3. The van der Waals surface area contributed by atoms with E-state index >= 15 is 0 Å². The third kappa shape index (κ3) is 9.11. The highest BCUT2D eigenvalue weighted by Crippen LogP contribution is 2.42. The number of benzene rings is 4.